The van der Waals surface area contributed by atoms with Crippen LogP contribution in [-0.4, -0.2) is 52.9 Å². The minimum Gasteiger partial charge on any atom is -0.379 e. The summed E-state index contributed by atoms with van der Waals surface area (Å²) in [5, 5.41) is 0. The lowest BCUT2D eigenvalue weighted by Crippen LogP contribution is -2.38. The highest BCUT2D eigenvalue weighted by atomic mass is 16.6. The molecule has 0 aliphatic rings. The number of methoxy groups -OCH3 is 2. The molecule has 4 heteroatoms. The highest BCUT2D eigenvalue weighted by Crippen LogP contribution is 2.26. The summed E-state index contributed by atoms with van der Waals surface area (Å²) in [4.78, 5) is 0. The monoisotopic (exact) mass is 402 g/mol. The Kier molecular flexibility index (Phi) is 13.9. The second kappa shape index (κ2) is 14.0. The lowest BCUT2D eigenvalue weighted by molar-refractivity contribution is -0.104. The quantitative estimate of drug-likeness (QED) is 0.316. The molecular weight excluding hydrogens is 352 g/mol. The third-order valence-corrected chi connectivity index (χ3v) is 5.02. The molecule has 28 heavy (non-hydrogen) atoms. The van der Waals surface area contributed by atoms with Crippen molar-refractivity contribution >= 4 is 0 Å². The van der Waals surface area contributed by atoms with Crippen LogP contribution in [0.4, 0.5) is 0 Å². The highest BCUT2D eigenvalue weighted by Gasteiger charge is 2.22. The van der Waals surface area contributed by atoms with Gasteiger partial charge in [0.05, 0.1) is 13.2 Å². The molecule has 0 spiro atoms. The first-order chi connectivity index (χ1) is 12.9. The molecule has 0 aromatic carbocycles. The smallest absolute Gasteiger partial charge is 0.109 e. The Bertz CT molecular complexity index is 334. The van der Waals surface area contributed by atoms with E-state index in [1.54, 1.807) is 14.2 Å². The van der Waals surface area contributed by atoms with Gasteiger partial charge in [0.25, 0.3) is 0 Å². The molecular formula is C24H50O4. The molecule has 0 radical (unpaired) electrons. The van der Waals surface area contributed by atoms with Gasteiger partial charge in [-0.05, 0) is 48.3 Å². The topological polar surface area (TPSA) is 36.9 Å². The molecule has 0 aliphatic heterocycles. The fourth-order valence-electron chi connectivity index (χ4n) is 3.92. The first-order valence-electron chi connectivity index (χ1n) is 11.1. The van der Waals surface area contributed by atoms with E-state index in [0.717, 1.165) is 26.1 Å². The summed E-state index contributed by atoms with van der Waals surface area (Å²) in [7, 11) is 3.43. The van der Waals surface area contributed by atoms with Crippen LogP contribution in [-0.2, 0) is 18.9 Å². The zero-order valence-corrected chi connectivity index (χ0v) is 20.6. The number of hydrogen-bond acceptors (Lipinski definition) is 4. The Labute approximate surface area is 176 Å². The van der Waals surface area contributed by atoms with Gasteiger partial charge in [0.15, 0.2) is 0 Å². The van der Waals surface area contributed by atoms with Crippen LogP contribution < -0.4 is 0 Å². The van der Waals surface area contributed by atoms with Crippen molar-refractivity contribution in [1.82, 2.24) is 0 Å². The Balaban J connectivity index is 4.10. The van der Waals surface area contributed by atoms with Gasteiger partial charge in [-0.2, -0.15) is 0 Å². The Morgan fingerprint density at radius 2 is 0.929 bits per heavy atom. The van der Waals surface area contributed by atoms with E-state index in [1.165, 1.54) is 12.8 Å². The predicted molar refractivity (Wildman–Crippen MR) is 119 cm³/mol. The standard InChI is InChI=1S/C24H50O4/c1-19(15-23(3,4)5)11-13-27-17-21(25-9)22(26-10)18-28-14-12-20(2)16-24(6,7)8/h19-22H,11-18H2,1-10H3. The molecule has 4 nitrogen and oxygen atoms in total. The largest absolute Gasteiger partial charge is 0.379 e. The summed E-state index contributed by atoms with van der Waals surface area (Å²) in [6.07, 6.45) is 4.38. The van der Waals surface area contributed by atoms with Crippen LogP contribution in [0.1, 0.15) is 81.1 Å². The molecule has 0 aromatic heterocycles. The predicted octanol–water partition coefficient (Wildman–Crippen LogP) is 5.97. The van der Waals surface area contributed by atoms with E-state index in [-0.39, 0.29) is 12.2 Å². The van der Waals surface area contributed by atoms with E-state index in [0.29, 0.717) is 35.9 Å². The maximum absolute atomic E-state index is 5.89. The second-order valence-electron chi connectivity index (χ2n) is 11.0. The molecule has 0 heterocycles. The molecule has 0 amide bonds. The van der Waals surface area contributed by atoms with E-state index in [1.807, 2.05) is 0 Å². The van der Waals surface area contributed by atoms with Crippen molar-refractivity contribution in [3.05, 3.63) is 0 Å². The molecule has 170 valence electrons. The Hall–Kier alpha value is -0.160. The van der Waals surface area contributed by atoms with Gasteiger partial charge in [0, 0.05) is 27.4 Å². The van der Waals surface area contributed by atoms with Gasteiger partial charge in [-0.25, -0.2) is 0 Å². The third kappa shape index (κ3) is 15.7. The minimum absolute atomic E-state index is 0.102. The number of ether oxygens (including phenoxy) is 4. The van der Waals surface area contributed by atoms with Gasteiger partial charge in [-0.1, -0.05) is 55.4 Å². The Morgan fingerprint density at radius 3 is 1.18 bits per heavy atom. The Morgan fingerprint density at radius 1 is 0.607 bits per heavy atom. The molecule has 0 fully saturated rings. The molecule has 0 saturated carbocycles. The maximum Gasteiger partial charge on any atom is 0.109 e. The molecule has 0 rings (SSSR count). The summed E-state index contributed by atoms with van der Waals surface area (Å²) in [6.45, 7) is 21.0. The van der Waals surface area contributed by atoms with Crippen molar-refractivity contribution < 1.29 is 18.9 Å². The van der Waals surface area contributed by atoms with Crippen LogP contribution >= 0.6 is 0 Å². The molecule has 0 aliphatic carbocycles. The van der Waals surface area contributed by atoms with Gasteiger partial charge < -0.3 is 18.9 Å². The average molecular weight is 403 g/mol. The lowest BCUT2D eigenvalue weighted by Gasteiger charge is -2.26. The zero-order valence-electron chi connectivity index (χ0n) is 20.6. The summed E-state index contributed by atoms with van der Waals surface area (Å²) >= 11 is 0. The van der Waals surface area contributed by atoms with Crippen LogP contribution in [0.15, 0.2) is 0 Å². The van der Waals surface area contributed by atoms with Crippen molar-refractivity contribution in [2.75, 3.05) is 40.6 Å². The molecule has 0 bridgehead atoms. The number of hydrogen-bond donors (Lipinski definition) is 0. The maximum atomic E-state index is 5.89. The van der Waals surface area contributed by atoms with E-state index in [4.69, 9.17) is 18.9 Å². The van der Waals surface area contributed by atoms with Crippen LogP contribution in [0, 0.1) is 22.7 Å². The molecule has 0 N–H and O–H groups in total. The van der Waals surface area contributed by atoms with E-state index >= 15 is 0 Å². The summed E-state index contributed by atoms with van der Waals surface area (Å²) in [6, 6.07) is 0. The average Bonchev–Trinajstić information content (AvgIpc) is 2.52. The van der Waals surface area contributed by atoms with Crippen LogP contribution in [0.5, 0.6) is 0 Å². The SMILES string of the molecule is COC(COCCC(C)CC(C)(C)C)C(COCCC(C)CC(C)(C)C)OC. The lowest BCUT2D eigenvalue weighted by atomic mass is 9.84. The second-order valence-corrected chi connectivity index (χ2v) is 11.0. The van der Waals surface area contributed by atoms with Crippen molar-refractivity contribution in [2.24, 2.45) is 22.7 Å². The van der Waals surface area contributed by atoms with Gasteiger partial charge >= 0.3 is 0 Å². The van der Waals surface area contributed by atoms with Gasteiger partial charge in [-0.15, -0.1) is 0 Å². The summed E-state index contributed by atoms with van der Waals surface area (Å²) in [5.41, 5.74) is 0.745. The fraction of sp³-hybridized carbons (Fsp3) is 1.00. The van der Waals surface area contributed by atoms with Crippen molar-refractivity contribution in [3.63, 3.8) is 0 Å². The van der Waals surface area contributed by atoms with E-state index in [9.17, 15) is 0 Å². The van der Waals surface area contributed by atoms with Crippen LogP contribution in [0.3, 0.4) is 0 Å². The van der Waals surface area contributed by atoms with Crippen molar-refractivity contribution in [1.29, 1.82) is 0 Å². The van der Waals surface area contributed by atoms with Gasteiger partial charge in [0.1, 0.15) is 12.2 Å². The van der Waals surface area contributed by atoms with E-state index in [2.05, 4.69) is 55.4 Å². The van der Waals surface area contributed by atoms with Crippen molar-refractivity contribution in [2.45, 2.75) is 93.3 Å². The first-order valence-corrected chi connectivity index (χ1v) is 11.1. The van der Waals surface area contributed by atoms with Crippen LogP contribution in [0.25, 0.3) is 0 Å². The molecule has 4 atom stereocenters. The minimum atomic E-state index is -0.102. The highest BCUT2D eigenvalue weighted by molar-refractivity contribution is 4.71. The van der Waals surface area contributed by atoms with Gasteiger partial charge in [-0.3, -0.25) is 0 Å². The third-order valence-electron chi connectivity index (χ3n) is 5.02. The van der Waals surface area contributed by atoms with Crippen LogP contribution in [0.2, 0.25) is 0 Å². The summed E-state index contributed by atoms with van der Waals surface area (Å²) in [5.74, 6) is 1.33. The number of rotatable bonds is 15. The van der Waals surface area contributed by atoms with E-state index < -0.39 is 0 Å². The first kappa shape index (κ1) is 27.8. The summed E-state index contributed by atoms with van der Waals surface area (Å²) < 4.78 is 23.0. The molecule has 4 unspecified atom stereocenters. The zero-order chi connectivity index (χ0) is 21.8. The molecule has 0 aromatic rings. The van der Waals surface area contributed by atoms with Gasteiger partial charge in [0.2, 0.25) is 0 Å². The fourth-order valence-corrected chi connectivity index (χ4v) is 3.92. The normalized spacial score (nSPS) is 17.4. The molecule has 0 saturated heterocycles. The van der Waals surface area contributed by atoms with Crippen molar-refractivity contribution in [3.8, 4) is 0 Å².